The minimum atomic E-state index is -0.486. The van der Waals surface area contributed by atoms with Gasteiger partial charge in [0, 0.05) is 29.9 Å². The molecular weight excluding hydrogens is 398 g/mol. The van der Waals surface area contributed by atoms with Gasteiger partial charge in [-0.05, 0) is 42.8 Å². The number of carbonyl (C=O) groups is 3. The number of rotatable bonds is 9. The molecule has 9 heteroatoms. The van der Waals surface area contributed by atoms with E-state index in [9.17, 15) is 14.4 Å². The summed E-state index contributed by atoms with van der Waals surface area (Å²) in [6.45, 7) is 2.94. The second-order valence-corrected chi connectivity index (χ2v) is 6.88. The van der Waals surface area contributed by atoms with E-state index in [0.717, 1.165) is 28.8 Å². The minimum Gasteiger partial charge on any atom is -0.494 e. The highest BCUT2D eigenvalue weighted by Gasteiger charge is 2.12. The summed E-state index contributed by atoms with van der Waals surface area (Å²) < 4.78 is 5.59. The Bertz CT molecular complexity index is 1050. The third kappa shape index (κ3) is 6.56. The third-order valence-electron chi connectivity index (χ3n) is 4.40. The maximum atomic E-state index is 12.3. The molecule has 162 valence electrons. The van der Waals surface area contributed by atoms with Gasteiger partial charge in [-0.25, -0.2) is 0 Å². The summed E-state index contributed by atoms with van der Waals surface area (Å²) >= 11 is 0. The standard InChI is InChI=1S/C22H25N5O4/c1-2-11-31-17-6-7-18-15(12-17)13-19(25-18)22(30)27-26-21(29)9-8-20(28)24-14-16-5-3-4-10-23-16/h3-7,10,12-13,25H,2,8-9,11,14H2,1H3,(H,24,28)(H,26,29)(H,27,30). The molecule has 31 heavy (non-hydrogen) atoms. The Labute approximate surface area is 179 Å². The van der Waals surface area contributed by atoms with Crippen molar-refractivity contribution in [3.8, 4) is 5.75 Å². The number of hydrogen-bond donors (Lipinski definition) is 4. The number of nitrogens with zero attached hydrogens (tertiary/aromatic N) is 1. The van der Waals surface area contributed by atoms with Crippen LogP contribution in [0.1, 0.15) is 42.4 Å². The molecule has 0 aliphatic carbocycles. The maximum Gasteiger partial charge on any atom is 0.286 e. The lowest BCUT2D eigenvalue weighted by molar-refractivity contribution is -0.126. The zero-order chi connectivity index (χ0) is 22.1. The van der Waals surface area contributed by atoms with Gasteiger partial charge < -0.3 is 15.0 Å². The van der Waals surface area contributed by atoms with Crippen LogP contribution in [-0.2, 0) is 16.1 Å². The number of benzene rings is 1. The second kappa shape index (κ2) is 10.8. The number of aromatic amines is 1. The summed E-state index contributed by atoms with van der Waals surface area (Å²) in [5.41, 5.74) is 6.48. The Hall–Kier alpha value is -3.88. The van der Waals surface area contributed by atoms with E-state index in [2.05, 4.69) is 26.1 Å². The predicted octanol–water partition coefficient (Wildman–Crippen LogP) is 2.21. The number of nitrogens with one attached hydrogen (secondary N) is 4. The van der Waals surface area contributed by atoms with Gasteiger partial charge in [0.2, 0.25) is 11.8 Å². The number of carbonyl (C=O) groups excluding carboxylic acids is 3. The van der Waals surface area contributed by atoms with E-state index in [4.69, 9.17) is 4.74 Å². The van der Waals surface area contributed by atoms with Crippen LogP contribution in [0, 0.1) is 0 Å². The van der Waals surface area contributed by atoms with Gasteiger partial charge >= 0.3 is 0 Å². The molecule has 2 aromatic heterocycles. The second-order valence-electron chi connectivity index (χ2n) is 6.88. The van der Waals surface area contributed by atoms with Gasteiger partial charge in [-0.2, -0.15) is 0 Å². The van der Waals surface area contributed by atoms with Crippen molar-refractivity contribution in [3.63, 3.8) is 0 Å². The molecule has 0 aliphatic heterocycles. The van der Waals surface area contributed by atoms with Crippen LogP contribution in [-0.4, -0.2) is 34.3 Å². The molecule has 0 atom stereocenters. The van der Waals surface area contributed by atoms with E-state index in [-0.39, 0.29) is 18.7 Å². The molecule has 0 radical (unpaired) electrons. The molecule has 2 heterocycles. The number of amides is 3. The fourth-order valence-corrected chi connectivity index (χ4v) is 2.81. The van der Waals surface area contributed by atoms with Gasteiger partial charge in [0.15, 0.2) is 0 Å². The largest absolute Gasteiger partial charge is 0.494 e. The minimum absolute atomic E-state index is 0.00145. The van der Waals surface area contributed by atoms with Crippen LogP contribution in [0.5, 0.6) is 5.75 Å². The van der Waals surface area contributed by atoms with Crippen molar-refractivity contribution in [1.29, 1.82) is 0 Å². The van der Waals surface area contributed by atoms with Crippen molar-refractivity contribution in [2.24, 2.45) is 0 Å². The first-order chi connectivity index (χ1) is 15.0. The molecule has 0 unspecified atom stereocenters. The summed E-state index contributed by atoms with van der Waals surface area (Å²) in [6.07, 6.45) is 2.50. The van der Waals surface area contributed by atoms with Crippen molar-refractivity contribution < 1.29 is 19.1 Å². The number of ether oxygens (including phenoxy) is 1. The van der Waals surface area contributed by atoms with Gasteiger partial charge in [-0.15, -0.1) is 0 Å². The highest BCUT2D eigenvalue weighted by Crippen LogP contribution is 2.21. The average Bonchev–Trinajstić information content (AvgIpc) is 3.22. The summed E-state index contributed by atoms with van der Waals surface area (Å²) in [5.74, 6) is -0.494. The molecule has 0 spiro atoms. The Morgan fingerprint density at radius 1 is 1.03 bits per heavy atom. The summed E-state index contributed by atoms with van der Waals surface area (Å²) in [6, 6.07) is 12.6. The Morgan fingerprint density at radius 2 is 1.87 bits per heavy atom. The molecule has 3 aromatic rings. The number of hydrazine groups is 1. The molecule has 3 amide bonds. The number of fused-ring (bicyclic) bond motifs is 1. The monoisotopic (exact) mass is 423 g/mol. The zero-order valence-electron chi connectivity index (χ0n) is 17.2. The lowest BCUT2D eigenvalue weighted by atomic mass is 10.2. The number of H-pyrrole nitrogens is 1. The van der Waals surface area contributed by atoms with Crippen LogP contribution >= 0.6 is 0 Å². The van der Waals surface area contributed by atoms with Crippen LogP contribution in [0.4, 0.5) is 0 Å². The smallest absolute Gasteiger partial charge is 0.286 e. The molecule has 0 aliphatic rings. The van der Waals surface area contributed by atoms with Crippen LogP contribution in [0.3, 0.4) is 0 Å². The van der Waals surface area contributed by atoms with E-state index in [1.807, 2.05) is 31.2 Å². The molecule has 0 bridgehead atoms. The number of pyridine rings is 1. The number of hydrogen-bond acceptors (Lipinski definition) is 5. The van der Waals surface area contributed by atoms with Gasteiger partial charge in [-0.1, -0.05) is 13.0 Å². The van der Waals surface area contributed by atoms with Gasteiger partial charge in [-0.3, -0.25) is 30.2 Å². The molecule has 0 fully saturated rings. The third-order valence-corrected chi connectivity index (χ3v) is 4.40. The lowest BCUT2D eigenvalue weighted by Gasteiger charge is -2.07. The highest BCUT2D eigenvalue weighted by atomic mass is 16.5. The Balaban J connectivity index is 1.42. The molecule has 4 N–H and O–H groups in total. The van der Waals surface area contributed by atoms with E-state index in [0.29, 0.717) is 18.8 Å². The van der Waals surface area contributed by atoms with Crippen molar-refractivity contribution in [2.75, 3.05) is 6.61 Å². The molecular formula is C22H25N5O4. The van der Waals surface area contributed by atoms with Crippen molar-refractivity contribution in [2.45, 2.75) is 32.7 Å². The SMILES string of the molecule is CCCOc1ccc2[nH]c(C(=O)NNC(=O)CCC(=O)NCc3ccccn3)cc2c1. The molecule has 0 saturated heterocycles. The van der Waals surface area contributed by atoms with Gasteiger partial charge in [0.05, 0.1) is 18.8 Å². The van der Waals surface area contributed by atoms with Crippen molar-refractivity contribution in [1.82, 2.24) is 26.1 Å². The maximum absolute atomic E-state index is 12.3. The Kier molecular flexibility index (Phi) is 7.58. The van der Waals surface area contributed by atoms with E-state index < -0.39 is 11.8 Å². The summed E-state index contributed by atoms with van der Waals surface area (Å²) in [5, 5.41) is 3.52. The van der Waals surface area contributed by atoms with Crippen LogP contribution in [0.2, 0.25) is 0 Å². The quantitative estimate of drug-likeness (QED) is 0.393. The highest BCUT2D eigenvalue weighted by molar-refractivity contribution is 5.99. The van der Waals surface area contributed by atoms with E-state index in [1.54, 1.807) is 24.4 Å². The van der Waals surface area contributed by atoms with Gasteiger partial charge in [0.1, 0.15) is 11.4 Å². The summed E-state index contributed by atoms with van der Waals surface area (Å²) in [7, 11) is 0. The Morgan fingerprint density at radius 3 is 2.65 bits per heavy atom. The first-order valence-electron chi connectivity index (χ1n) is 10.1. The topological polar surface area (TPSA) is 125 Å². The van der Waals surface area contributed by atoms with E-state index in [1.165, 1.54) is 0 Å². The van der Waals surface area contributed by atoms with Crippen LogP contribution in [0.15, 0.2) is 48.7 Å². The summed E-state index contributed by atoms with van der Waals surface area (Å²) in [4.78, 5) is 43.2. The first-order valence-corrected chi connectivity index (χ1v) is 10.1. The fourth-order valence-electron chi connectivity index (χ4n) is 2.81. The predicted molar refractivity (Wildman–Crippen MR) is 115 cm³/mol. The van der Waals surface area contributed by atoms with Gasteiger partial charge in [0.25, 0.3) is 5.91 Å². The number of aromatic nitrogens is 2. The van der Waals surface area contributed by atoms with E-state index >= 15 is 0 Å². The molecule has 3 rings (SSSR count). The first kappa shape index (κ1) is 21.8. The molecule has 1 aromatic carbocycles. The normalized spacial score (nSPS) is 10.5. The van der Waals surface area contributed by atoms with Crippen molar-refractivity contribution >= 4 is 28.6 Å². The van der Waals surface area contributed by atoms with Crippen LogP contribution < -0.4 is 20.9 Å². The zero-order valence-corrected chi connectivity index (χ0v) is 17.2. The average molecular weight is 423 g/mol. The van der Waals surface area contributed by atoms with Crippen molar-refractivity contribution in [3.05, 3.63) is 60.0 Å². The fraction of sp³-hybridized carbons (Fsp3) is 0.273. The molecule has 9 nitrogen and oxygen atoms in total. The lowest BCUT2D eigenvalue weighted by Crippen LogP contribution is -2.42. The van der Waals surface area contributed by atoms with Crippen LogP contribution in [0.25, 0.3) is 10.9 Å². The molecule has 0 saturated carbocycles.